The van der Waals surface area contributed by atoms with Crippen molar-refractivity contribution < 1.29 is 18.7 Å². The van der Waals surface area contributed by atoms with E-state index in [0.29, 0.717) is 12.8 Å². The van der Waals surface area contributed by atoms with E-state index < -0.39 is 23.1 Å². The van der Waals surface area contributed by atoms with Gasteiger partial charge in [-0.15, -0.1) is 0 Å². The van der Waals surface area contributed by atoms with Crippen LogP contribution in [0.15, 0.2) is 18.2 Å². The Morgan fingerprint density at radius 3 is 2.47 bits per heavy atom. The van der Waals surface area contributed by atoms with Crippen molar-refractivity contribution in [3.05, 3.63) is 35.4 Å². The van der Waals surface area contributed by atoms with E-state index in [1.54, 1.807) is 0 Å². The largest absolute Gasteiger partial charge is 0.394 e. The average Bonchev–Trinajstić information content (AvgIpc) is 2.43. The van der Waals surface area contributed by atoms with Crippen LogP contribution in [0.3, 0.4) is 0 Å². The van der Waals surface area contributed by atoms with E-state index in [4.69, 9.17) is 0 Å². The summed E-state index contributed by atoms with van der Waals surface area (Å²) in [6.45, 7) is -0.136. The van der Waals surface area contributed by atoms with Crippen LogP contribution in [0.5, 0.6) is 0 Å². The Kier molecular flexibility index (Phi) is 4.14. The second-order valence-corrected chi connectivity index (χ2v) is 5.08. The maximum absolute atomic E-state index is 13.1. The van der Waals surface area contributed by atoms with Crippen LogP contribution in [0.2, 0.25) is 0 Å². The molecule has 5 heteroatoms. The summed E-state index contributed by atoms with van der Waals surface area (Å²) in [5.74, 6) is -2.50. The molecule has 0 bridgehead atoms. The van der Waals surface area contributed by atoms with Crippen LogP contribution >= 0.6 is 0 Å². The summed E-state index contributed by atoms with van der Waals surface area (Å²) in [5, 5.41) is 12.3. The number of rotatable bonds is 3. The molecule has 1 amide bonds. The molecule has 2 rings (SSSR count). The Balaban J connectivity index is 2.12. The maximum atomic E-state index is 13.1. The van der Waals surface area contributed by atoms with E-state index in [-0.39, 0.29) is 12.2 Å². The number of amides is 1. The van der Waals surface area contributed by atoms with E-state index >= 15 is 0 Å². The Labute approximate surface area is 110 Å². The van der Waals surface area contributed by atoms with Gasteiger partial charge < -0.3 is 10.4 Å². The number of nitrogens with one attached hydrogen (secondary N) is 1. The maximum Gasteiger partial charge on any atom is 0.251 e. The Morgan fingerprint density at radius 1 is 1.21 bits per heavy atom. The minimum absolute atomic E-state index is 0.0669. The molecule has 1 saturated carbocycles. The van der Waals surface area contributed by atoms with Crippen molar-refractivity contribution in [2.45, 2.75) is 37.6 Å². The van der Waals surface area contributed by atoms with Gasteiger partial charge in [0.1, 0.15) is 0 Å². The van der Waals surface area contributed by atoms with Crippen molar-refractivity contribution in [1.29, 1.82) is 0 Å². The molecule has 1 aliphatic carbocycles. The fourth-order valence-electron chi connectivity index (χ4n) is 2.50. The normalized spacial score (nSPS) is 18.1. The summed E-state index contributed by atoms with van der Waals surface area (Å²) in [4.78, 5) is 12.0. The highest BCUT2D eigenvalue weighted by molar-refractivity contribution is 5.94. The molecule has 0 atom stereocenters. The molecular formula is C14H17F2NO2. The number of benzene rings is 1. The summed E-state index contributed by atoms with van der Waals surface area (Å²) < 4.78 is 25.9. The van der Waals surface area contributed by atoms with Crippen LogP contribution in [0.25, 0.3) is 0 Å². The molecule has 0 saturated heterocycles. The van der Waals surface area contributed by atoms with Crippen molar-refractivity contribution >= 4 is 5.91 Å². The van der Waals surface area contributed by atoms with Crippen molar-refractivity contribution in [3.63, 3.8) is 0 Å². The van der Waals surface area contributed by atoms with Gasteiger partial charge in [-0.05, 0) is 31.0 Å². The van der Waals surface area contributed by atoms with Gasteiger partial charge in [0, 0.05) is 5.56 Å². The molecule has 1 aromatic carbocycles. The summed E-state index contributed by atoms with van der Waals surface area (Å²) in [6, 6.07) is 3.04. The van der Waals surface area contributed by atoms with Gasteiger partial charge in [0.15, 0.2) is 11.6 Å². The SMILES string of the molecule is O=C(NC1(CO)CCCCC1)c1ccc(F)c(F)c1. The molecule has 104 valence electrons. The molecule has 1 aromatic rings. The van der Waals surface area contributed by atoms with Gasteiger partial charge in [-0.1, -0.05) is 19.3 Å². The Hall–Kier alpha value is -1.49. The summed E-state index contributed by atoms with van der Waals surface area (Å²) in [6.07, 6.45) is 4.39. The number of halogens is 2. The number of hydrogen-bond donors (Lipinski definition) is 2. The van der Waals surface area contributed by atoms with E-state index in [2.05, 4.69) is 5.32 Å². The predicted molar refractivity (Wildman–Crippen MR) is 66.7 cm³/mol. The number of aliphatic hydroxyl groups is 1. The number of carbonyl (C=O) groups excluding carboxylic acids is 1. The molecule has 0 aromatic heterocycles. The van der Waals surface area contributed by atoms with Crippen LogP contribution in [-0.4, -0.2) is 23.2 Å². The average molecular weight is 269 g/mol. The molecule has 0 radical (unpaired) electrons. The van der Waals surface area contributed by atoms with Gasteiger partial charge >= 0.3 is 0 Å². The van der Waals surface area contributed by atoms with Crippen LogP contribution in [-0.2, 0) is 0 Å². The zero-order valence-corrected chi connectivity index (χ0v) is 10.6. The smallest absolute Gasteiger partial charge is 0.251 e. The zero-order chi connectivity index (χ0) is 13.9. The molecule has 1 aliphatic rings. The van der Waals surface area contributed by atoms with Crippen LogP contribution in [0.1, 0.15) is 42.5 Å². The summed E-state index contributed by atoms with van der Waals surface area (Å²) in [7, 11) is 0. The minimum atomic E-state index is -1.05. The molecule has 0 aliphatic heterocycles. The lowest BCUT2D eigenvalue weighted by Gasteiger charge is -2.36. The van der Waals surface area contributed by atoms with Gasteiger partial charge in [-0.3, -0.25) is 4.79 Å². The summed E-state index contributed by atoms with van der Waals surface area (Å²) in [5.41, 5.74) is -0.558. The first-order valence-electron chi connectivity index (χ1n) is 6.45. The third-order valence-electron chi connectivity index (χ3n) is 3.67. The fourth-order valence-corrected chi connectivity index (χ4v) is 2.50. The van der Waals surface area contributed by atoms with Crippen molar-refractivity contribution in [2.75, 3.05) is 6.61 Å². The van der Waals surface area contributed by atoms with Gasteiger partial charge in [-0.2, -0.15) is 0 Å². The van der Waals surface area contributed by atoms with Gasteiger partial charge in [-0.25, -0.2) is 8.78 Å². The van der Waals surface area contributed by atoms with Crippen LogP contribution in [0.4, 0.5) is 8.78 Å². The molecule has 2 N–H and O–H groups in total. The topological polar surface area (TPSA) is 49.3 Å². The quantitative estimate of drug-likeness (QED) is 0.885. The highest BCUT2D eigenvalue weighted by Gasteiger charge is 2.33. The summed E-state index contributed by atoms with van der Waals surface area (Å²) >= 11 is 0. The Morgan fingerprint density at radius 2 is 1.89 bits per heavy atom. The highest BCUT2D eigenvalue weighted by Crippen LogP contribution is 2.28. The van der Waals surface area contributed by atoms with E-state index in [9.17, 15) is 18.7 Å². The first-order chi connectivity index (χ1) is 9.06. The lowest BCUT2D eigenvalue weighted by molar-refractivity contribution is 0.0758. The first kappa shape index (κ1) is 13.9. The molecule has 1 fully saturated rings. The standard InChI is InChI=1S/C14H17F2NO2/c15-11-5-4-10(8-12(11)16)13(19)17-14(9-18)6-2-1-3-7-14/h4-5,8,18H,1-3,6-7,9H2,(H,17,19). The molecule has 3 nitrogen and oxygen atoms in total. The number of aliphatic hydroxyl groups excluding tert-OH is 1. The molecule has 0 unspecified atom stereocenters. The van der Waals surface area contributed by atoms with Gasteiger partial charge in [0.25, 0.3) is 5.91 Å². The lowest BCUT2D eigenvalue weighted by Crippen LogP contribution is -2.52. The number of carbonyl (C=O) groups is 1. The highest BCUT2D eigenvalue weighted by atomic mass is 19.2. The minimum Gasteiger partial charge on any atom is -0.394 e. The zero-order valence-electron chi connectivity index (χ0n) is 10.6. The van der Waals surface area contributed by atoms with Gasteiger partial charge in [0.05, 0.1) is 12.1 Å². The van der Waals surface area contributed by atoms with E-state index in [0.717, 1.165) is 31.4 Å². The van der Waals surface area contributed by atoms with E-state index in [1.807, 2.05) is 0 Å². The monoisotopic (exact) mass is 269 g/mol. The second-order valence-electron chi connectivity index (χ2n) is 5.08. The van der Waals surface area contributed by atoms with E-state index in [1.165, 1.54) is 6.07 Å². The lowest BCUT2D eigenvalue weighted by atomic mass is 9.82. The van der Waals surface area contributed by atoms with Crippen LogP contribution in [0, 0.1) is 11.6 Å². The van der Waals surface area contributed by atoms with Gasteiger partial charge in [0.2, 0.25) is 0 Å². The fraction of sp³-hybridized carbons (Fsp3) is 0.500. The third-order valence-corrected chi connectivity index (χ3v) is 3.67. The van der Waals surface area contributed by atoms with Crippen molar-refractivity contribution in [1.82, 2.24) is 5.32 Å². The number of hydrogen-bond acceptors (Lipinski definition) is 2. The third kappa shape index (κ3) is 3.10. The molecule has 0 spiro atoms. The van der Waals surface area contributed by atoms with Crippen molar-refractivity contribution in [3.8, 4) is 0 Å². The van der Waals surface area contributed by atoms with Crippen molar-refractivity contribution in [2.24, 2.45) is 0 Å². The molecular weight excluding hydrogens is 252 g/mol. The first-order valence-corrected chi connectivity index (χ1v) is 6.45. The Bertz CT molecular complexity index is 471. The predicted octanol–water partition coefficient (Wildman–Crippen LogP) is 2.39. The second kappa shape index (κ2) is 5.65. The molecule has 0 heterocycles. The molecule has 19 heavy (non-hydrogen) atoms. The van der Waals surface area contributed by atoms with Crippen LogP contribution < -0.4 is 5.32 Å².